The lowest BCUT2D eigenvalue weighted by Crippen LogP contribution is -2.47. The third-order valence-electron chi connectivity index (χ3n) is 4.73. The Kier molecular flexibility index (Phi) is 5.76. The number of rotatable bonds is 6. The molecule has 3 rings (SSSR count). The summed E-state index contributed by atoms with van der Waals surface area (Å²) < 4.78 is 24.5. The smallest absolute Gasteiger partial charge is 0.160 e. The highest BCUT2D eigenvalue weighted by Gasteiger charge is 2.19. The van der Waals surface area contributed by atoms with E-state index in [0.29, 0.717) is 5.69 Å². The highest BCUT2D eigenvalue weighted by atomic mass is 19.1. The Morgan fingerprint density at radius 1 is 0.920 bits per heavy atom. The summed E-state index contributed by atoms with van der Waals surface area (Å²) in [5.74, 6) is 1.38. The van der Waals surface area contributed by atoms with Gasteiger partial charge in [-0.25, -0.2) is 4.39 Å². The first-order chi connectivity index (χ1) is 12.2. The van der Waals surface area contributed by atoms with E-state index in [0.717, 1.165) is 50.6 Å². The molecule has 0 amide bonds. The zero-order chi connectivity index (χ0) is 17.6. The number of piperazine rings is 1. The van der Waals surface area contributed by atoms with Crippen molar-refractivity contribution in [1.82, 2.24) is 4.90 Å². The Labute approximate surface area is 148 Å². The minimum atomic E-state index is -0.138. The van der Waals surface area contributed by atoms with Crippen molar-refractivity contribution in [3.05, 3.63) is 53.8 Å². The maximum atomic E-state index is 13.9. The summed E-state index contributed by atoms with van der Waals surface area (Å²) in [5.41, 5.74) is 1.94. The molecular formula is C20H25FN2O2. The molecule has 0 unspecified atom stereocenters. The van der Waals surface area contributed by atoms with Gasteiger partial charge in [0, 0.05) is 32.7 Å². The fraction of sp³-hybridized carbons (Fsp3) is 0.400. The van der Waals surface area contributed by atoms with Gasteiger partial charge in [-0.1, -0.05) is 18.2 Å². The highest BCUT2D eigenvalue weighted by molar-refractivity contribution is 5.48. The number of ether oxygens (including phenoxy) is 2. The fourth-order valence-electron chi connectivity index (χ4n) is 3.24. The van der Waals surface area contributed by atoms with Gasteiger partial charge in [0.15, 0.2) is 11.5 Å². The van der Waals surface area contributed by atoms with Crippen molar-refractivity contribution in [3.8, 4) is 11.5 Å². The Morgan fingerprint density at radius 2 is 1.64 bits per heavy atom. The topological polar surface area (TPSA) is 24.9 Å². The van der Waals surface area contributed by atoms with Gasteiger partial charge in [0.2, 0.25) is 0 Å². The predicted octanol–water partition coefficient (Wildman–Crippen LogP) is 3.21. The van der Waals surface area contributed by atoms with E-state index in [1.807, 2.05) is 24.3 Å². The van der Waals surface area contributed by atoms with E-state index in [2.05, 4.69) is 15.9 Å². The molecule has 0 aliphatic carbocycles. The molecule has 1 heterocycles. The van der Waals surface area contributed by atoms with Crippen molar-refractivity contribution < 1.29 is 13.9 Å². The molecule has 134 valence electrons. The lowest BCUT2D eigenvalue weighted by atomic mass is 10.1. The molecule has 2 aromatic carbocycles. The largest absolute Gasteiger partial charge is 0.493 e. The lowest BCUT2D eigenvalue weighted by Gasteiger charge is -2.36. The molecule has 0 atom stereocenters. The first-order valence-electron chi connectivity index (χ1n) is 8.64. The molecule has 25 heavy (non-hydrogen) atoms. The van der Waals surface area contributed by atoms with Crippen LogP contribution in [0.4, 0.5) is 10.1 Å². The van der Waals surface area contributed by atoms with Crippen molar-refractivity contribution in [2.45, 2.75) is 6.42 Å². The zero-order valence-corrected chi connectivity index (χ0v) is 14.9. The Bertz CT molecular complexity index is 700. The Morgan fingerprint density at radius 3 is 2.32 bits per heavy atom. The number of benzene rings is 2. The molecule has 0 aromatic heterocycles. The van der Waals surface area contributed by atoms with E-state index in [1.54, 1.807) is 20.3 Å². The van der Waals surface area contributed by atoms with Crippen LogP contribution >= 0.6 is 0 Å². The van der Waals surface area contributed by atoms with Crippen molar-refractivity contribution in [3.63, 3.8) is 0 Å². The SMILES string of the molecule is COc1ccc(CCN2CCN(c3ccccc3F)CC2)cc1OC. The van der Waals surface area contributed by atoms with E-state index < -0.39 is 0 Å². The van der Waals surface area contributed by atoms with E-state index in [4.69, 9.17) is 9.47 Å². The summed E-state index contributed by atoms with van der Waals surface area (Å²) in [5, 5.41) is 0. The van der Waals surface area contributed by atoms with Crippen LogP contribution in [0.3, 0.4) is 0 Å². The maximum Gasteiger partial charge on any atom is 0.160 e. The first kappa shape index (κ1) is 17.5. The van der Waals surface area contributed by atoms with E-state index in [-0.39, 0.29) is 5.82 Å². The summed E-state index contributed by atoms with van der Waals surface area (Å²) in [7, 11) is 3.30. The fourth-order valence-corrected chi connectivity index (χ4v) is 3.24. The molecule has 1 saturated heterocycles. The third kappa shape index (κ3) is 4.23. The molecule has 4 nitrogen and oxygen atoms in total. The van der Waals surface area contributed by atoms with Crippen LogP contribution in [0.15, 0.2) is 42.5 Å². The molecule has 1 aliphatic heterocycles. The van der Waals surface area contributed by atoms with Gasteiger partial charge >= 0.3 is 0 Å². The van der Waals surface area contributed by atoms with Crippen molar-refractivity contribution in [1.29, 1.82) is 0 Å². The first-order valence-corrected chi connectivity index (χ1v) is 8.64. The monoisotopic (exact) mass is 344 g/mol. The van der Waals surface area contributed by atoms with Crippen LogP contribution in [0.5, 0.6) is 11.5 Å². The minimum absolute atomic E-state index is 0.138. The summed E-state index contributed by atoms with van der Waals surface area (Å²) in [6.45, 7) is 4.59. The van der Waals surface area contributed by atoms with E-state index >= 15 is 0 Å². The number of para-hydroxylation sites is 1. The average Bonchev–Trinajstić information content (AvgIpc) is 2.67. The van der Waals surface area contributed by atoms with Crippen LogP contribution in [-0.2, 0) is 6.42 Å². The molecular weight excluding hydrogens is 319 g/mol. The van der Waals surface area contributed by atoms with Crippen LogP contribution in [0.2, 0.25) is 0 Å². The van der Waals surface area contributed by atoms with Gasteiger partial charge < -0.3 is 14.4 Å². The second-order valence-electron chi connectivity index (χ2n) is 6.22. The van der Waals surface area contributed by atoms with Crippen LogP contribution in [0.25, 0.3) is 0 Å². The highest BCUT2D eigenvalue weighted by Crippen LogP contribution is 2.28. The number of nitrogens with zero attached hydrogens (tertiary/aromatic N) is 2. The summed E-state index contributed by atoms with van der Waals surface area (Å²) >= 11 is 0. The Hall–Kier alpha value is -2.27. The van der Waals surface area contributed by atoms with E-state index in [1.165, 1.54) is 11.6 Å². The third-order valence-corrected chi connectivity index (χ3v) is 4.73. The molecule has 0 saturated carbocycles. The summed E-state index contributed by atoms with van der Waals surface area (Å²) in [6, 6.07) is 13.1. The maximum absolute atomic E-state index is 13.9. The van der Waals surface area contributed by atoms with Gasteiger partial charge in [0.25, 0.3) is 0 Å². The zero-order valence-electron chi connectivity index (χ0n) is 14.9. The number of anilines is 1. The van der Waals surface area contributed by atoms with E-state index in [9.17, 15) is 4.39 Å². The van der Waals surface area contributed by atoms with Crippen molar-refractivity contribution in [2.75, 3.05) is 51.8 Å². The minimum Gasteiger partial charge on any atom is -0.493 e. The molecule has 0 radical (unpaired) electrons. The second-order valence-corrected chi connectivity index (χ2v) is 6.22. The van der Waals surface area contributed by atoms with Gasteiger partial charge in [0.05, 0.1) is 19.9 Å². The van der Waals surface area contributed by atoms with Crippen LogP contribution in [0, 0.1) is 5.82 Å². The second kappa shape index (κ2) is 8.21. The molecule has 5 heteroatoms. The summed E-state index contributed by atoms with van der Waals surface area (Å²) in [4.78, 5) is 4.55. The molecule has 2 aromatic rings. The normalized spacial score (nSPS) is 15.2. The van der Waals surface area contributed by atoms with Crippen LogP contribution in [0.1, 0.15) is 5.56 Å². The molecule has 0 N–H and O–H groups in total. The van der Waals surface area contributed by atoms with Crippen molar-refractivity contribution in [2.24, 2.45) is 0 Å². The van der Waals surface area contributed by atoms with Gasteiger partial charge in [-0.05, 0) is 36.2 Å². The number of hydrogen-bond acceptors (Lipinski definition) is 4. The molecule has 0 spiro atoms. The van der Waals surface area contributed by atoms with Gasteiger partial charge in [-0.2, -0.15) is 0 Å². The molecule has 1 fully saturated rings. The average molecular weight is 344 g/mol. The van der Waals surface area contributed by atoms with Crippen molar-refractivity contribution >= 4 is 5.69 Å². The molecule has 1 aliphatic rings. The van der Waals surface area contributed by atoms with Gasteiger partial charge in [0.1, 0.15) is 5.82 Å². The quantitative estimate of drug-likeness (QED) is 0.803. The number of methoxy groups -OCH3 is 2. The number of hydrogen-bond donors (Lipinski definition) is 0. The standard InChI is InChI=1S/C20H25FN2O2/c1-24-19-8-7-16(15-20(19)25-2)9-10-22-11-13-23(14-12-22)18-6-4-3-5-17(18)21/h3-8,15H,9-14H2,1-2H3. The van der Waals surface area contributed by atoms with Gasteiger partial charge in [-0.3, -0.25) is 4.90 Å². The lowest BCUT2D eigenvalue weighted by molar-refractivity contribution is 0.260. The molecule has 0 bridgehead atoms. The van der Waals surface area contributed by atoms with Gasteiger partial charge in [-0.15, -0.1) is 0 Å². The Balaban J connectivity index is 1.52. The number of halogens is 1. The van der Waals surface area contributed by atoms with Crippen LogP contribution < -0.4 is 14.4 Å². The summed E-state index contributed by atoms with van der Waals surface area (Å²) in [6.07, 6.45) is 0.958. The predicted molar refractivity (Wildman–Crippen MR) is 98.3 cm³/mol. The van der Waals surface area contributed by atoms with Crippen LogP contribution in [-0.4, -0.2) is 51.8 Å².